The maximum Gasteiger partial charge on any atom is 0.271 e. The highest BCUT2D eigenvalue weighted by molar-refractivity contribution is 9.10. The molecule has 0 atom stereocenters. The largest absolute Gasteiger partial charge is 0.495 e. The number of piperazine rings is 1. The van der Waals surface area contributed by atoms with Gasteiger partial charge in [0.1, 0.15) is 5.75 Å². The third-order valence-corrected chi connectivity index (χ3v) is 7.82. The Bertz CT molecular complexity index is 1500. The van der Waals surface area contributed by atoms with Crippen molar-refractivity contribution in [3.05, 3.63) is 111 Å². The normalized spacial score (nSPS) is 14.1. The molecular formula is C32H34BrN5O2. The topological polar surface area (TPSA) is 62.1 Å². The van der Waals surface area contributed by atoms with Gasteiger partial charge < -0.3 is 14.2 Å². The first kappa shape index (κ1) is 27.7. The van der Waals surface area contributed by atoms with Gasteiger partial charge in [0.05, 0.1) is 19.0 Å². The van der Waals surface area contributed by atoms with E-state index in [2.05, 4.69) is 78.1 Å². The van der Waals surface area contributed by atoms with Gasteiger partial charge in [-0.3, -0.25) is 9.69 Å². The summed E-state index contributed by atoms with van der Waals surface area (Å²) >= 11 is 3.54. The van der Waals surface area contributed by atoms with Gasteiger partial charge in [-0.1, -0.05) is 46.3 Å². The molecule has 8 heteroatoms. The molecule has 0 bridgehead atoms. The predicted molar refractivity (Wildman–Crippen MR) is 165 cm³/mol. The molecule has 1 saturated heterocycles. The number of para-hydroxylation sites is 2. The molecule has 1 fully saturated rings. The first-order chi connectivity index (χ1) is 19.4. The SMILES string of the molecule is COc1ccccc1N1CCN(Cc2ccc(C(=O)N/N=C\c3cc(C)n(-c4cccc(Br)c4)c3C)cc2)CC1. The molecule has 3 aromatic carbocycles. The first-order valence-corrected chi connectivity index (χ1v) is 14.2. The van der Waals surface area contributed by atoms with Crippen molar-refractivity contribution in [3.8, 4) is 11.4 Å². The Hall–Kier alpha value is -3.88. The Balaban J connectivity index is 1.14. The van der Waals surface area contributed by atoms with Gasteiger partial charge in [-0.05, 0) is 67.9 Å². The van der Waals surface area contributed by atoms with Crippen molar-refractivity contribution in [2.45, 2.75) is 20.4 Å². The van der Waals surface area contributed by atoms with Crippen LogP contribution in [-0.4, -0.2) is 54.9 Å². The third kappa shape index (κ3) is 6.29. The number of ether oxygens (including phenoxy) is 1. The summed E-state index contributed by atoms with van der Waals surface area (Å²) in [5, 5.41) is 4.24. The summed E-state index contributed by atoms with van der Waals surface area (Å²) in [6, 6.07) is 26.2. The van der Waals surface area contributed by atoms with E-state index in [4.69, 9.17) is 4.74 Å². The second-order valence-corrected chi connectivity index (χ2v) is 10.9. The Kier molecular flexibility index (Phi) is 8.67. The number of amides is 1. The van der Waals surface area contributed by atoms with Crippen LogP contribution in [0.4, 0.5) is 5.69 Å². The number of nitrogens with one attached hydrogen (secondary N) is 1. The van der Waals surface area contributed by atoms with Crippen LogP contribution in [-0.2, 0) is 6.54 Å². The number of rotatable bonds is 8. The summed E-state index contributed by atoms with van der Waals surface area (Å²) in [5.74, 6) is 0.687. The van der Waals surface area contributed by atoms with Gasteiger partial charge in [-0.15, -0.1) is 0 Å². The molecule has 0 saturated carbocycles. The Morgan fingerprint density at radius 2 is 1.73 bits per heavy atom. The smallest absolute Gasteiger partial charge is 0.271 e. The molecule has 2 heterocycles. The summed E-state index contributed by atoms with van der Waals surface area (Å²) in [4.78, 5) is 17.5. The van der Waals surface area contributed by atoms with Gasteiger partial charge in [0, 0.05) is 65.4 Å². The second kappa shape index (κ2) is 12.5. The number of nitrogens with zero attached hydrogens (tertiary/aromatic N) is 4. The van der Waals surface area contributed by atoms with Crippen LogP contribution in [0.2, 0.25) is 0 Å². The predicted octanol–water partition coefficient (Wildman–Crippen LogP) is 5.95. The standard InChI is InChI=1S/C32H34BrN5O2/c1-23-19-27(24(2)38(23)29-8-6-7-28(33)20-29)21-34-35-32(39)26-13-11-25(12-14-26)22-36-15-17-37(18-16-36)30-9-4-5-10-31(30)40-3/h4-14,19-21H,15-18,22H2,1-3H3,(H,35,39)/b34-21-. The number of benzene rings is 3. The van der Waals surface area contributed by atoms with E-state index in [9.17, 15) is 4.79 Å². The van der Waals surface area contributed by atoms with E-state index in [1.807, 2.05) is 55.5 Å². The minimum Gasteiger partial charge on any atom is -0.495 e. The van der Waals surface area contributed by atoms with Crippen LogP contribution in [0, 0.1) is 13.8 Å². The van der Waals surface area contributed by atoms with Crippen LogP contribution < -0.4 is 15.1 Å². The zero-order chi connectivity index (χ0) is 28.1. The number of hydrazone groups is 1. The highest BCUT2D eigenvalue weighted by Gasteiger charge is 2.19. The average molecular weight is 601 g/mol. The highest BCUT2D eigenvalue weighted by Crippen LogP contribution is 2.28. The molecule has 4 aromatic rings. The number of aryl methyl sites for hydroxylation is 1. The number of halogens is 1. The van der Waals surface area contributed by atoms with Crippen molar-refractivity contribution in [1.82, 2.24) is 14.9 Å². The summed E-state index contributed by atoms with van der Waals surface area (Å²) < 4.78 is 8.73. The van der Waals surface area contributed by atoms with Crippen LogP contribution in [0.25, 0.3) is 5.69 Å². The molecule has 5 rings (SSSR count). The molecule has 0 spiro atoms. The summed E-state index contributed by atoms with van der Waals surface area (Å²) in [5.41, 5.74) is 9.78. The molecule has 0 unspecified atom stereocenters. The van der Waals surface area contributed by atoms with E-state index < -0.39 is 0 Å². The maximum atomic E-state index is 12.7. The van der Waals surface area contributed by atoms with Crippen LogP contribution in [0.3, 0.4) is 0 Å². The zero-order valence-corrected chi connectivity index (χ0v) is 24.7. The van der Waals surface area contributed by atoms with Gasteiger partial charge in [-0.2, -0.15) is 5.10 Å². The molecule has 1 amide bonds. The second-order valence-electron chi connectivity index (χ2n) is 9.97. The van der Waals surface area contributed by atoms with E-state index in [1.54, 1.807) is 13.3 Å². The Labute approximate surface area is 244 Å². The van der Waals surface area contributed by atoms with Crippen molar-refractivity contribution in [3.63, 3.8) is 0 Å². The van der Waals surface area contributed by atoms with Gasteiger partial charge in [0.25, 0.3) is 5.91 Å². The maximum absolute atomic E-state index is 12.7. The fraction of sp³-hybridized carbons (Fsp3) is 0.250. The first-order valence-electron chi connectivity index (χ1n) is 13.4. The molecule has 1 aliphatic heterocycles. The van der Waals surface area contributed by atoms with Crippen LogP contribution >= 0.6 is 15.9 Å². The minimum atomic E-state index is -0.228. The number of anilines is 1. The van der Waals surface area contributed by atoms with Crippen LogP contribution in [0.5, 0.6) is 5.75 Å². The monoisotopic (exact) mass is 599 g/mol. The molecule has 1 N–H and O–H groups in total. The lowest BCUT2D eigenvalue weighted by Gasteiger charge is -2.36. The van der Waals surface area contributed by atoms with Gasteiger partial charge in [-0.25, -0.2) is 5.43 Å². The lowest BCUT2D eigenvalue weighted by atomic mass is 10.1. The number of carbonyl (C=O) groups is 1. The van der Waals surface area contributed by atoms with Crippen LogP contribution in [0.15, 0.2) is 88.4 Å². The van der Waals surface area contributed by atoms with Gasteiger partial charge >= 0.3 is 0 Å². The van der Waals surface area contributed by atoms with Gasteiger partial charge in [0.15, 0.2) is 0 Å². The van der Waals surface area contributed by atoms with Crippen molar-refractivity contribution in [2.24, 2.45) is 5.10 Å². The van der Waals surface area contributed by atoms with E-state index in [0.717, 1.165) is 71.3 Å². The third-order valence-electron chi connectivity index (χ3n) is 7.33. The number of aromatic nitrogens is 1. The molecular weight excluding hydrogens is 566 g/mol. The highest BCUT2D eigenvalue weighted by atomic mass is 79.9. The van der Waals surface area contributed by atoms with Crippen molar-refractivity contribution >= 4 is 33.7 Å². The number of methoxy groups -OCH3 is 1. The quantitative estimate of drug-likeness (QED) is 0.201. The number of hydrogen-bond donors (Lipinski definition) is 1. The molecule has 0 radical (unpaired) electrons. The van der Waals surface area contributed by atoms with E-state index in [0.29, 0.717) is 5.56 Å². The van der Waals surface area contributed by atoms with Crippen LogP contribution in [0.1, 0.15) is 32.9 Å². The molecule has 40 heavy (non-hydrogen) atoms. The van der Waals surface area contributed by atoms with E-state index in [1.165, 1.54) is 5.56 Å². The fourth-order valence-electron chi connectivity index (χ4n) is 5.21. The minimum absolute atomic E-state index is 0.228. The van der Waals surface area contributed by atoms with E-state index >= 15 is 0 Å². The summed E-state index contributed by atoms with van der Waals surface area (Å²) in [6.07, 6.45) is 1.70. The fourth-order valence-corrected chi connectivity index (χ4v) is 5.60. The average Bonchev–Trinajstić information content (AvgIpc) is 3.26. The summed E-state index contributed by atoms with van der Waals surface area (Å²) in [7, 11) is 1.72. The lowest BCUT2D eigenvalue weighted by Crippen LogP contribution is -2.46. The summed E-state index contributed by atoms with van der Waals surface area (Å²) in [6.45, 7) is 8.80. The number of carbonyl (C=O) groups excluding carboxylic acids is 1. The van der Waals surface area contributed by atoms with E-state index in [-0.39, 0.29) is 5.91 Å². The van der Waals surface area contributed by atoms with Crippen molar-refractivity contribution in [2.75, 3.05) is 38.2 Å². The molecule has 0 aliphatic carbocycles. The molecule has 1 aromatic heterocycles. The van der Waals surface area contributed by atoms with Crippen molar-refractivity contribution < 1.29 is 9.53 Å². The lowest BCUT2D eigenvalue weighted by molar-refractivity contribution is 0.0955. The zero-order valence-electron chi connectivity index (χ0n) is 23.1. The number of hydrogen-bond acceptors (Lipinski definition) is 5. The molecule has 1 aliphatic rings. The Morgan fingerprint density at radius 3 is 2.45 bits per heavy atom. The van der Waals surface area contributed by atoms with Crippen molar-refractivity contribution in [1.29, 1.82) is 0 Å². The van der Waals surface area contributed by atoms with Gasteiger partial charge in [0.2, 0.25) is 0 Å². The Morgan fingerprint density at radius 1 is 0.975 bits per heavy atom. The molecule has 206 valence electrons. The molecule has 7 nitrogen and oxygen atoms in total.